The first-order valence-electron chi connectivity index (χ1n) is 15.5. The minimum Gasteiger partial charge on any atom is -0.508 e. The van der Waals surface area contributed by atoms with Crippen LogP contribution in [-0.2, 0) is 0 Å². The molecule has 4 fully saturated rings. The predicted octanol–water partition coefficient (Wildman–Crippen LogP) is 4.55. The maximum atomic E-state index is 17.0. The molecule has 4 aliphatic heterocycles. The molecule has 8 nitrogen and oxygen atoms in total. The van der Waals surface area contributed by atoms with E-state index >= 15 is 4.39 Å². The van der Waals surface area contributed by atoms with Crippen LogP contribution in [0.1, 0.15) is 36.9 Å². The van der Waals surface area contributed by atoms with Gasteiger partial charge in [0.1, 0.15) is 47.1 Å². The zero-order chi connectivity index (χ0) is 31.8. The van der Waals surface area contributed by atoms with E-state index in [-0.39, 0.29) is 62.6 Å². The Kier molecular flexibility index (Phi) is 6.58. The van der Waals surface area contributed by atoms with E-state index in [1.165, 1.54) is 24.3 Å². The highest BCUT2D eigenvalue weighted by atomic mass is 19.1. The summed E-state index contributed by atoms with van der Waals surface area (Å²) in [6, 6.07) is 5.31. The molecule has 0 bridgehead atoms. The molecule has 0 radical (unpaired) electrons. The summed E-state index contributed by atoms with van der Waals surface area (Å²) in [5, 5.41) is 14.8. The average molecular weight is 625 g/mol. The Morgan fingerprint density at radius 2 is 1.91 bits per heavy atom. The summed E-state index contributed by atoms with van der Waals surface area (Å²) in [4.78, 5) is 18.1. The molecule has 4 aromatic rings. The first-order chi connectivity index (χ1) is 22.2. The Morgan fingerprint density at radius 3 is 2.65 bits per heavy atom. The van der Waals surface area contributed by atoms with Gasteiger partial charge in [-0.3, -0.25) is 4.90 Å². The summed E-state index contributed by atoms with van der Waals surface area (Å²) in [5.41, 5.74) is -0.666. The lowest BCUT2D eigenvalue weighted by Crippen LogP contribution is -2.54. The topological polar surface area (TPSA) is 86.6 Å². The predicted molar refractivity (Wildman–Crippen MR) is 168 cm³/mol. The van der Waals surface area contributed by atoms with Gasteiger partial charge in [-0.25, -0.2) is 18.2 Å². The average Bonchev–Trinajstić information content (AvgIpc) is 3.73. The maximum Gasteiger partial charge on any atom is 0.319 e. The zero-order valence-electron chi connectivity index (χ0n) is 25.0. The molecule has 2 aromatic carbocycles. The molecule has 2 N–H and O–H groups in total. The van der Waals surface area contributed by atoms with Gasteiger partial charge in [-0.15, -0.1) is 12.8 Å². The van der Waals surface area contributed by atoms with Crippen LogP contribution in [0.25, 0.3) is 32.9 Å². The first kappa shape index (κ1) is 28.9. The van der Waals surface area contributed by atoms with E-state index < -0.39 is 23.3 Å². The van der Waals surface area contributed by atoms with Gasteiger partial charge < -0.3 is 20.1 Å². The fourth-order valence-corrected chi connectivity index (χ4v) is 7.99. The number of fused-ring (bicyclic) bond motifs is 3. The summed E-state index contributed by atoms with van der Waals surface area (Å²) in [7, 11) is 0. The van der Waals surface area contributed by atoms with Gasteiger partial charge >= 0.3 is 6.01 Å². The van der Waals surface area contributed by atoms with Crippen LogP contribution in [0.5, 0.6) is 11.8 Å². The highest BCUT2D eigenvalue weighted by Crippen LogP contribution is 2.44. The number of benzene rings is 2. The molecule has 2 atom stereocenters. The second kappa shape index (κ2) is 10.5. The summed E-state index contributed by atoms with van der Waals surface area (Å²) in [5.74, 6) is 3.67. The van der Waals surface area contributed by atoms with E-state index in [2.05, 4.69) is 36.9 Å². The number of ether oxygens (including phenoxy) is 1. The van der Waals surface area contributed by atoms with Crippen LogP contribution in [0.3, 0.4) is 0 Å². The second-order valence-corrected chi connectivity index (χ2v) is 13.1. The standard InChI is InChI=1S/C35H31F3N6O2/c1-3-23-25(37)7-6-20-12-22(45)13-24(27(20)23)30-29(38)31-28(26(4-2)40-30)32(43-11-9-34(18-43)16-39-17-34)42-33(41-31)46-19-35-8-5-10-44(35)15-21(36)14-35/h1-2,6-7,12-13,21,39,45H,5,8-11,14-19H2/t21-,35+/m1/s1. The van der Waals surface area contributed by atoms with Crippen molar-refractivity contribution in [2.45, 2.75) is 37.4 Å². The molecule has 46 heavy (non-hydrogen) atoms. The second-order valence-electron chi connectivity index (χ2n) is 13.1. The fourth-order valence-electron chi connectivity index (χ4n) is 7.99. The molecule has 6 heterocycles. The summed E-state index contributed by atoms with van der Waals surface area (Å²) < 4.78 is 52.6. The maximum absolute atomic E-state index is 17.0. The molecule has 0 aliphatic carbocycles. The van der Waals surface area contributed by atoms with E-state index in [0.717, 1.165) is 38.9 Å². The summed E-state index contributed by atoms with van der Waals surface area (Å²) >= 11 is 0. The minimum absolute atomic E-state index is 0.0473. The smallest absolute Gasteiger partial charge is 0.319 e. The third-order valence-corrected chi connectivity index (χ3v) is 10.3. The number of aromatic nitrogens is 3. The van der Waals surface area contributed by atoms with Crippen molar-refractivity contribution in [3.05, 3.63) is 47.2 Å². The number of halogens is 3. The monoisotopic (exact) mass is 624 g/mol. The molecule has 8 rings (SSSR count). The Balaban J connectivity index is 1.32. The van der Waals surface area contributed by atoms with Crippen molar-refractivity contribution in [2.24, 2.45) is 5.41 Å². The Morgan fingerprint density at radius 1 is 1.07 bits per heavy atom. The lowest BCUT2D eigenvalue weighted by Gasteiger charge is -2.39. The van der Waals surface area contributed by atoms with Crippen LogP contribution >= 0.6 is 0 Å². The lowest BCUT2D eigenvalue weighted by molar-refractivity contribution is 0.107. The van der Waals surface area contributed by atoms with Gasteiger partial charge in [0.05, 0.1) is 16.5 Å². The van der Waals surface area contributed by atoms with Crippen molar-refractivity contribution in [2.75, 3.05) is 50.8 Å². The lowest BCUT2D eigenvalue weighted by atomic mass is 9.81. The molecular formula is C35H31F3N6O2. The van der Waals surface area contributed by atoms with Crippen molar-refractivity contribution in [1.29, 1.82) is 0 Å². The number of terminal acetylenes is 2. The third-order valence-electron chi connectivity index (χ3n) is 10.3. The van der Waals surface area contributed by atoms with Crippen LogP contribution in [0, 0.1) is 41.7 Å². The Hall–Kier alpha value is -4.58. The van der Waals surface area contributed by atoms with E-state index in [4.69, 9.17) is 22.6 Å². The number of rotatable bonds is 5. The molecule has 0 saturated carbocycles. The van der Waals surface area contributed by atoms with Gasteiger partial charge in [-0.1, -0.05) is 12.0 Å². The number of nitrogens with one attached hydrogen (secondary N) is 1. The van der Waals surface area contributed by atoms with Crippen LogP contribution in [0.2, 0.25) is 0 Å². The number of phenolic OH excluding ortho intramolecular Hbond substituents is 1. The van der Waals surface area contributed by atoms with Gasteiger partial charge in [0.15, 0.2) is 5.82 Å². The van der Waals surface area contributed by atoms with E-state index in [1.807, 2.05) is 0 Å². The quantitative estimate of drug-likeness (QED) is 0.313. The van der Waals surface area contributed by atoms with Gasteiger partial charge in [-0.05, 0) is 55.3 Å². The molecule has 4 saturated heterocycles. The molecule has 4 aliphatic rings. The van der Waals surface area contributed by atoms with Gasteiger partial charge in [-0.2, -0.15) is 9.97 Å². The normalized spacial score (nSPS) is 23.5. The van der Waals surface area contributed by atoms with E-state index in [1.54, 1.807) is 0 Å². The van der Waals surface area contributed by atoms with Crippen LogP contribution < -0.4 is 15.0 Å². The molecule has 11 heteroatoms. The molecule has 0 amide bonds. The molecule has 234 valence electrons. The Bertz CT molecular complexity index is 2020. The van der Waals surface area contributed by atoms with Crippen molar-refractivity contribution >= 4 is 27.5 Å². The number of alkyl halides is 1. The number of anilines is 1. The van der Waals surface area contributed by atoms with E-state index in [0.29, 0.717) is 37.3 Å². The summed E-state index contributed by atoms with van der Waals surface area (Å²) in [6.07, 6.45) is 13.8. The van der Waals surface area contributed by atoms with Crippen molar-refractivity contribution in [3.8, 4) is 47.7 Å². The Labute approximate surface area is 264 Å². The zero-order valence-corrected chi connectivity index (χ0v) is 25.0. The third kappa shape index (κ3) is 4.37. The van der Waals surface area contributed by atoms with Crippen molar-refractivity contribution < 1.29 is 23.0 Å². The van der Waals surface area contributed by atoms with Crippen molar-refractivity contribution in [3.63, 3.8) is 0 Å². The molecule has 0 unspecified atom stereocenters. The van der Waals surface area contributed by atoms with Crippen LogP contribution in [-0.4, -0.2) is 82.5 Å². The number of nitrogens with zero attached hydrogens (tertiary/aromatic N) is 5. The highest BCUT2D eigenvalue weighted by molar-refractivity contribution is 6.04. The van der Waals surface area contributed by atoms with Crippen LogP contribution in [0.4, 0.5) is 19.0 Å². The minimum atomic E-state index is -0.937. The number of aromatic hydroxyl groups is 1. The van der Waals surface area contributed by atoms with Gasteiger partial charge in [0, 0.05) is 55.5 Å². The number of pyridine rings is 1. The molecule has 2 aromatic heterocycles. The SMILES string of the molecule is C#Cc1c(F)ccc2cc(O)cc(-c3nc(C#C)c4c(N5CCC6(CNC6)C5)nc(OC[C@@]56CCCN5C[C@H](F)C6)nc4c3F)c12. The van der Waals surface area contributed by atoms with Gasteiger partial charge in [0.2, 0.25) is 0 Å². The molecule has 1 spiro atoms. The fraction of sp³-hybridized carbons (Fsp3) is 0.400. The highest BCUT2D eigenvalue weighted by Gasteiger charge is 2.49. The van der Waals surface area contributed by atoms with Crippen molar-refractivity contribution in [1.82, 2.24) is 25.2 Å². The molecular weight excluding hydrogens is 593 g/mol. The van der Waals surface area contributed by atoms with Crippen LogP contribution in [0.15, 0.2) is 24.3 Å². The number of hydrogen-bond acceptors (Lipinski definition) is 8. The number of hydrogen-bond donors (Lipinski definition) is 2. The first-order valence-corrected chi connectivity index (χ1v) is 15.5. The summed E-state index contributed by atoms with van der Waals surface area (Å²) in [6.45, 7) is 4.42. The van der Waals surface area contributed by atoms with Gasteiger partial charge in [0.25, 0.3) is 0 Å². The number of phenols is 1. The largest absolute Gasteiger partial charge is 0.508 e. The van der Waals surface area contributed by atoms with E-state index in [9.17, 15) is 13.9 Å².